The predicted molar refractivity (Wildman–Crippen MR) is 115 cm³/mol. The number of aromatic nitrogens is 1. The zero-order chi connectivity index (χ0) is 19.8. The molecule has 2 amide bonds. The van der Waals surface area contributed by atoms with E-state index in [2.05, 4.69) is 15.6 Å². The number of nitrogens with zero attached hydrogens (tertiary/aromatic N) is 1. The second-order valence-electron chi connectivity index (χ2n) is 5.94. The van der Waals surface area contributed by atoms with Gasteiger partial charge in [-0.3, -0.25) is 14.6 Å². The highest BCUT2D eigenvalue weighted by Crippen LogP contribution is 2.19. The summed E-state index contributed by atoms with van der Waals surface area (Å²) in [7, 11) is 0. The van der Waals surface area contributed by atoms with Crippen molar-refractivity contribution in [3.63, 3.8) is 0 Å². The van der Waals surface area contributed by atoms with Crippen LogP contribution in [0.4, 0.5) is 11.4 Å². The number of amides is 2. The van der Waals surface area contributed by atoms with Crippen LogP contribution in [0.25, 0.3) is 0 Å². The number of nitrogens with one attached hydrogen (secondary N) is 2. The number of hydrogen-bond donors (Lipinski definition) is 2. The highest BCUT2D eigenvalue weighted by Gasteiger charge is 2.07. The number of anilines is 2. The van der Waals surface area contributed by atoms with E-state index in [9.17, 15) is 9.59 Å². The van der Waals surface area contributed by atoms with E-state index in [1.165, 1.54) is 11.8 Å². The fourth-order valence-electron chi connectivity index (χ4n) is 2.47. The van der Waals surface area contributed by atoms with E-state index in [4.69, 9.17) is 11.6 Å². The Morgan fingerprint density at radius 3 is 2.39 bits per heavy atom. The van der Waals surface area contributed by atoms with Gasteiger partial charge in [0.2, 0.25) is 5.91 Å². The summed E-state index contributed by atoms with van der Waals surface area (Å²) in [6.07, 6.45) is 3.12. The Labute approximate surface area is 172 Å². The molecular weight excluding hydrogens is 394 g/mol. The van der Waals surface area contributed by atoms with Crippen LogP contribution in [-0.4, -0.2) is 22.6 Å². The van der Waals surface area contributed by atoms with Crippen molar-refractivity contribution in [2.75, 3.05) is 16.4 Å². The molecule has 0 saturated heterocycles. The average Bonchev–Trinajstić information content (AvgIpc) is 2.69. The zero-order valence-electron chi connectivity index (χ0n) is 14.9. The van der Waals surface area contributed by atoms with Gasteiger partial charge in [0.05, 0.1) is 5.75 Å². The number of hydrogen-bond acceptors (Lipinski definition) is 4. The van der Waals surface area contributed by atoms with Crippen LogP contribution >= 0.6 is 23.4 Å². The number of benzene rings is 2. The highest BCUT2D eigenvalue weighted by atomic mass is 35.5. The number of pyridine rings is 1. The molecule has 3 aromatic rings. The minimum Gasteiger partial charge on any atom is -0.325 e. The standard InChI is InChI=1S/C21H18ClN3O2S/c22-17-4-1-3-15(11-17)13-28-14-20(26)24-18-5-2-6-19(12-18)25-21(27)16-7-9-23-10-8-16/h1-12H,13-14H2,(H,24,26)(H,25,27). The van der Waals surface area contributed by atoms with Crippen molar-refractivity contribution in [2.45, 2.75) is 5.75 Å². The van der Waals surface area contributed by atoms with Crippen molar-refractivity contribution in [1.82, 2.24) is 4.98 Å². The van der Waals surface area contributed by atoms with Gasteiger partial charge in [-0.2, -0.15) is 0 Å². The molecule has 2 N–H and O–H groups in total. The lowest BCUT2D eigenvalue weighted by Crippen LogP contribution is -2.15. The Hall–Kier alpha value is -2.83. The fraction of sp³-hybridized carbons (Fsp3) is 0.0952. The summed E-state index contributed by atoms with van der Waals surface area (Å²) in [6.45, 7) is 0. The minimum atomic E-state index is -0.233. The van der Waals surface area contributed by atoms with Crippen molar-refractivity contribution >= 4 is 46.6 Å². The number of thioether (sulfide) groups is 1. The van der Waals surface area contributed by atoms with E-state index in [1.54, 1.807) is 48.8 Å². The fourth-order valence-corrected chi connectivity index (χ4v) is 3.45. The Balaban J connectivity index is 1.51. The second kappa shape index (κ2) is 9.92. The summed E-state index contributed by atoms with van der Waals surface area (Å²) >= 11 is 7.47. The lowest BCUT2D eigenvalue weighted by atomic mass is 10.2. The van der Waals surface area contributed by atoms with Crippen LogP contribution in [-0.2, 0) is 10.5 Å². The van der Waals surface area contributed by atoms with Crippen LogP contribution in [0.15, 0.2) is 73.1 Å². The van der Waals surface area contributed by atoms with E-state index in [0.29, 0.717) is 33.5 Å². The summed E-state index contributed by atoms with van der Waals surface area (Å²) in [4.78, 5) is 28.3. The number of carbonyl (C=O) groups is 2. The molecule has 0 atom stereocenters. The summed E-state index contributed by atoms with van der Waals surface area (Å²) in [5.41, 5.74) is 2.82. The van der Waals surface area contributed by atoms with E-state index in [1.807, 2.05) is 24.3 Å². The maximum atomic E-state index is 12.2. The van der Waals surface area contributed by atoms with Crippen LogP contribution < -0.4 is 10.6 Å². The molecule has 0 bridgehead atoms. The Kier molecular flexibility index (Phi) is 7.06. The topological polar surface area (TPSA) is 71.1 Å². The molecule has 0 aliphatic carbocycles. The molecule has 28 heavy (non-hydrogen) atoms. The first-order valence-electron chi connectivity index (χ1n) is 8.53. The zero-order valence-corrected chi connectivity index (χ0v) is 16.5. The van der Waals surface area contributed by atoms with Crippen LogP contribution in [0, 0.1) is 0 Å². The third-order valence-electron chi connectivity index (χ3n) is 3.74. The van der Waals surface area contributed by atoms with Gasteiger partial charge in [-0.05, 0) is 48.0 Å². The molecule has 0 unspecified atom stereocenters. The SMILES string of the molecule is O=C(CSCc1cccc(Cl)c1)Nc1cccc(NC(=O)c2ccncc2)c1. The molecule has 3 rings (SSSR count). The first-order chi connectivity index (χ1) is 13.6. The highest BCUT2D eigenvalue weighted by molar-refractivity contribution is 7.99. The third kappa shape index (κ3) is 6.11. The van der Waals surface area contributed by atoms with Crippen LogP contribution in [0.3, 0.4) is 0 Å². The Morgan fingerprint density at radius 1 is 0.929 bits per heavy atom. The predicted octanol–water partition coefficient (Wildman–Crippen LogP) is 4.86. The van der Waals surface area contributed by atoms with Crippen LogP contribution in [0.1, 0.15) is 15.9 Å². The summed E-state index contributed by atoms with van der Waals surface area (Å²) in [6, 6.07) is 17.9. The molecule has 0 aliphatic rings. The minimum absolute atomic E-state index is 0.107. The van der Waals surface area contributed by atoms with E-state index in [0.717, 1.165) is 5.56 Å². The third-order valence-corrected chi connectivity index (χ3v) is 4.98. The molecular formula is C21H18ClN3O2S. The summed E-state index contributed by atoms with van der Waals surface area (Å²) < 4.78 is 0. The van der Waals surface area contributed by atoms with Crippen LogP contribution in [0.2, 0.25) is 5.02 Å². The summed E-state index contributed by atoms with van der Waals surface area (Å²) in [5.74, 6) is 0.684. The largest absolute Gasteiger partial charge is 0.325 e. The molecule has 0 saturated carbocycles. The summed E-state index contributed by atoms with van der Waals surface area (Å²) in [5, 5.41) is 6.34. The van der Waals surface area contributed by atoms with Crippen molar-refractivity contribution in [2.24, 2.45) is 0 Å². The van der Waals surface area contributed by atoms with E-state index in [-0.39, 0.29) is 11.8 Å². The smallest absolute Gasteiger partial charge is 0.255 e. The normalized spacial score (nSPS) is 10.3. The number of halogens is 1. The van der Waals surface area contributed by atoms with Gasteiger partial charge >= 0.3 is 0 Å². The van der Waals surface area contributed by atoms with Crippen molar-refractivity contribution in [3.05, 3.63) is 89.2 Å². The van der Waals surface area contributed by atoms with Gasteiger partial charge in [-0.15, -0.1) is 11.8 Å². The van der Waals surface area contributed by atoms with E-state index < -0.39 is 0 Å². The van der Waals surface area contributed by atoms with Gasteiger partial charge in [-0.25, -0.2) is 0 Å². The van der Waals surface area contributed by atoms with Crippen molar-refractivity contribution < 1.29 is 9.59 Å². The quantitative estimate of drug-likeness (QED) is 0.582. The average molecular weight is 412 g/mol. The molecule has 142 valence electrons. The molecule has 1 heterocycles. The molecule has 0 fully saturated rings. The van der Waals surface area contributed by atoms with Crippen LogP contribution in [0.5, 0.6) is 0 Å². The maximum Gasteiger partial charge on any atom is 0.255 e. The molecule has 7 heteroatoms. The van der Waals surface area contributed by atoms with Gasteiger partial charge in [0.25, 0.3) is 5.91 Å². The van der Waals surface area contributed by atoms with Gasteiger partial charge in [0.1, 0.15) is 0 Å². The molecule has 1 aromatic heterocycles. The van der Waals surface area contributed by atoms with Gasteiger partial charge in [-0.1, -0.05) is 29.8 Å². The second-order valence-corrected chi connectivity index (χ2v) is 7.36. The van der Waals surface area contributed by atoms with Crippen molar-refractivity contribution in [1.29, 1.82) is 0 Å². The van der Waals surface area contributed by atoms with Gasteiger partial charge < -0.3 is 10.6 Å². The monoisotopic (exact) mass is 411 g/mol. The Morgan fingerprint density at radius 2 is 1.64 bits per heavy atom. The van der Waals surface area contributed by atoms with Gasteiger partial charge in [0.15, 0.2) is 0 Å². The van der Waals surface area contributed by atoms with E-state index >= 15 is 0 Å². The molecule has 0 radical (unpaired) electrons. The first kappa shape index (κ1) is 19.9. The molecule has 2 aromatic carbocycles. The molecule has 0 aliphatic heterocycles. The molecule has 0 spiro atoms. The molecule has 5 nitrogen and oxygen atoms in total. The van der Waals surface area contributed by atoms with Gasteiger partial charge in [0, 0.05) is 40.1 Å². The Bertz CT molecular complexity index is 967. The lowest BCUT2D eigenvalue weighted by molar-refractivity contribution is -0.113. The lowest BCUT2D eigenvalue weighted by Gasteiger charge is -2.09. The van der Waals surface area contributed by atoms with Crippen molar-refractivity contribution in [3.8, 4) is 0 Å². The number of carbonyl (C=O) groups excluding carboxylic acids is 2. The first-order valence-corrected chi connectivity index (χ1v) is 10.1. The number of rotatable bonds is 7. The maximum absolute atomic E-state index is 12.2.